The fourth-order valence-corrected chi connectivity index (χ4v) is 4.85. The zero-order valence-electron chi connectivity index (χ0n) is 15.9. The van der Waals surface area contributed by atoms with Gasteiger partial charge in [0.2, 0.25) is 0 Å². The number of aryl methyl sites for hydroxylation is 1. The van der Waals surface area contributed by atoms with Gasteiger partial charge < -0.3 is 14.2 Å². The quantitative estimate of drug-likeness (QED) is 0.581. The first-order valence-electron chi connectivity index (χ1n) is 9.75. The summed E-state index contributed by atoms with van der Waals surface area (Å²) in [7, 11) is 0. The van der Waals surface area contributed by atoms with Crippen LogP contribution in [-0.4, -0.2) is 37.0 Å². The number of hydrogen-bond acceptors (Lipinski definition) is 3. The molecule has 4 nitrogen and oxygen atoms in total. The number of amides is 1. The normalized spacial score (nSPS) is 15.5. The molecule has 142 valence electrons. The Morgan fingerprint density at radius 1 is 1.11 bits per heavy atom. The molecule has 0 atom stereocenters. The maximum absolute atomic E-state index is 13.2. The Hall–Kier alpha value is -2.63. The summed E-state index contributed by atoms with van der Waals surface area (Å²) in [6, 6.07) is 14.5. The highest BCUT2D eigenvalue weighted by atomic mass is 32.1. The highest BCUT2D eigenvalue weighted by molar-refractivity contribution is 7.07. The van der Waals surface area contributed by atoms with Gasteiger partial charge in [-0.15, -0.1) is 0 Å². The van der Waals surface area contributed by atoms with E-state index in [2.05, 4.69) is 41.1 Å². The smallest absolute Gasteiger partial charge is 0.290 e. The molecule has 28 heavy (non-hydrogen) atoms. The fourth-order valence-electron chi connectivity index (χ4n) is 4.18. The molecule has 2 aromatic heterocycles. The van der Waals surface area contributed by atoms with Crippen molar-refractivity contribution in [1.82, 2.24) is 4.90 Å². The van der Waals surface area contributed by atoms with Crippen molar-refractivity contribution in [2.45, 2.75) is 13.5 Å². The van der Waals surface area contributed by atoms with Crippen molar-refractivity contribution in [2.75, 3.05) is 26.2 Å². The molecular weight excluding hydrogens is 368 g/mol. The van der Waals surface area contributed by atoms with Gasteiger partial charge in [-0.1, -0.05) is 36.4 Å². The third kappa shape index (κ3) is 3.01. The SMILES string of the molecule is Cc1c(C(=O)N2CC[NH+](Cc3ccsc3)CC2)oc2c1ccc1ccccc12. The van der Waals surface area contributed by atoms with Crippen LogP contribution in [0.5, 0.6) is 0 Å². The predicted molar refractivity (Wildman–Crippen MR) is 113 cm³/mol. The van der Waals surface area contributed by atoms with E-state index in [1.807, 2.05) is 24.0 Å². The van der Waals surface area contributed by atoms with E-state index in [4.69, 9.17) is 4.42 Å². The molecule has 5 rings (SSSR count). The summed E-state index contributed by atoms with van der Waals surface area (Å²) in [5, 5.41) is 7.57. The standard InChI is InChI=1S/C23H22N2O2S/c1-16-19-7-6-18-4-2-3-5-20(18)22(19)27-21(16)23(26)25-11-9-24(10-12-25)14-17-8-13-28-15-17/h2-8,13,15H,9-12,14H2,1H3/p+1. The molecule has 0 spiro atoms. The van der Waals surface area contributed by atoms with Gasteiger partial charge in [0.15, 0.2) is 5.76 Å². The zero-order chi connectivity index (χ0) is 19.1. The first kappa shape index (κ1) is 17.5. The monoisotopic (exact) mass is 391 g/mol. The Morgan fingerprint density at radius 2 is 1.93 bits per heavy atom. The molecular formula is C23H23N2O2S+. The van der Waals surface area contributed by atoms with Crippen molar-refractivity contribution in [1.29, 1.82) is 0 Å². The van der Waals surface area contributed by atoms with Gasteiger partial charge in [-0.25, -0.2) is 0 Å². The second-order valence-corrected chi connectivity index (χ2v) is 8.35. The second-order valence-electron chi connectivity index (χ2n) is 7.57. The highest BCUT2D eigenvalue weighted by Gasteiger charge is 2.28. The van der Waals surface area contributed by atoms with Crippen LogP contribution in [0.15, 0.2) is 57.6 Å². The number of benzene rings is 2. The first-order valence-corrected chi connectivity index (χ1v) is 10.7. The lowest BCUT2D eigenvalue weighted by Crippen LogP contribution is -3.13. The molecule has 1 aliphatic rings. The predicted octanol–water partition coefficient (Wildman–Crippen LogP) is 3.50. The molecule has 1 aliphatic heterocycles. The molecule has 1 amide bonds. The first-order chi connectivity index (χ1) is 13.7. The van der Waals surface area contributed by atoms with Crippen LogP contribution in [0.1, 0.15) is 21.7 Å². The largest absolute Gasteiger partial charge is 0.450 e. The lowest BCUT2D eigenvalue weighted by atomic mass is 10.1. The van der Waals surface area contributed by atoms with Crippen LogP contribution in [-0.2, 0) is 6.54 Å². The number of furan rings is 1. The average molecular weight is 392 g/mol. The molecule has 0 unspecified atom stereocenters. The van der Waals surface area contributed by atoms with Crippen LogP contribution in [0.25, 0.3) is 21.7 Å². The zero-order valence-corrected chi connectivity index (χ0v) is 16.7. The molecule has 0 radical (unpaired) electrons. The van der Waals surface area contributed by atoms with Gasteiger partial charge in [-0.3, -0.25) is 4.79 Å². The molecule has 1 N–H and O–H groups in total. The summed E-state index contributed by atoms with van der Waals surface area (Å²) in [6.45, 7) is 6.53. The summed E-state index contributed by atoms with van der Waals surface area (Å²) < 4.78 is 6.14. The molecule has 1 saturated heterocycles. The van der Waals surface area contributed by atoms with E-state index >= 15 is 0 Å². The van der Waals surface area contributed by atoms with E-state index in [9.17, 15) is 4.79 Å². The molecule has 4 aromatic rings. The van der Waals surface area contributed by atoms with Crippen LogP contribution in [0.2, 0.25) is 0 Å². The Kier molecular flexibility index (Phi) is 4.41. The molecule has 5 heteroatoms. The van der Waals surface area contributed by atoms with E-state index in [0.717, 1.165) is 60.0 Å². The van der Waals surface area contributed by atoms with Crippen molar-refractivity contribution in [3.05, 3.63) is 70.1 Å². The number of thiophene rings is 1. The van der Waals surface area contributed by atoms with Crippen molar-refractivity contribution < 1.29 is 14.1 Å². The number of nitrogens with one attached hydrogen (secondary N) is 1. The van der Waals surface area contributed by atoms with Gasteiger partial charge in [0.05, 0.1) is 26.2 Å². The van der Waals surface area contributed by atoms with Gasteiger partial charge in [-0.2, -0.15) is 11.3 Å². The average Bonchev–Trinajstić information content (AvgIpc) is 3.36. The number of fused-ring (bicyclic) bond motifs is 3. The van der Waals surface area contributed by atoms with Crippen molar-refractivity contribution in [3.8, 4) is 0 Å². The Labute approximate surface area is 168 Å². The topological polar surface area (TPSA) is 37.9 Å². The lowest BCUT2D eigenvalue weighted by molar-refractivity contribution is -0.917. The maximum Gasteiger partial charge on any atom is 0.290 e. The molecule has 0 bridgehead atoms. The molecule has 0 saturated carbocycles. The Balaban J connectivity index is 1.37. The van der Waals surface area contributed by atoms with E-state index in [1.165, 1.54) is 10.5 Å². The molecule has 3 heterocycles. The summed E-state index contributed by atoms with van der Waals surface area (Å²) in [5.74, 6) is 0.514. The van der Waals surface area contributed by atoms with Crippen molar-refractivity contribution >= 4 is 39.0 Å². The molecule has 2 aromatic carbocycles. The maximum atomic E-state index is 13.2. The van der Waals surface area contributed by atoms with Crippen molar-refractivity contribution in [3.63, 3.8) is 0 Å². The van der Waals surface area contributed by atoms with Crippen LogP contribution in [0.3, 0.4) is 0 Å². The van der Waals surface area contributed by atoms with Gasteiger partial charge in [0.25, 0.3) is 5.91 Å². The summed E-state index contributed by atoms with van der Waals surface area (Å²) in [5.41, 5.74) is 3.15. The third-order valence-corrected chi connectivity index (χ3v) is 6.55. The Bertz CT molecular complexity index is 1140. The second kappa shape index (κ2) is 7.08. The van der Waals surface area contributed by atoms with Gasteiger partial charge in [-0.05, 0) is 29.1 Å². The minimum Gasteiger partial charge on any atom is -0.450 e. The number of carbonyl (C=O) groups excluding carboxylic acids is 1. The van der Waals surface area contributed by atoms with Gasteiger partial charge >= 0.3 is 0 Å². The number of piperazine rings is 1. The number of nitrogens with zero attached hydrogens (tertiary/aromatic N) is 1. The summed E-state index contributed by atoms with van der Waals surface area (Å²) >= 11 is 1.74. The van der Waals surface area contributed by atoms with Crippen LogP contribution < -0.4 is 4.90 Å². The van der Waals surface area contributed by atoms with Gasteiger partial charge in [0, 0.05) is 21.9 Å². The van der Waals surface area contributed by atoms with Crippen LogP contribution >= 0.6 is 11.3 Å². The number of hydrogen-bond donors (Lipinski definition) is 1. The van der Waals surface area contributed by atoms with E-state index in [-0.39, 0.29) is 5.91 Å². The van der Waals surface area contributed by atoms with Crippen molar-refractivity contribution in [2.24, 2.45) is 0 Å². The van der Waals surface area contributed by atoms with E-state index < -0.39 is 0 Å². The molecule has 1 fully saturated rings. The number of rotatable bonds is 3. The molecule has 0 aliphatic carbocycles. The Morgan fingerprint density at radius 3 is 2.71 bits per heavy atom. The number of quaternary nitrogens is 1. The highest BCUT2D eigenvalue weighted by Crippen LogP contribution is 2.32. The van der Waals surface area contributed by atoms with E-state index in [0.29, 0.717) is 5.76 Å². The third-order valence-electron chi connectivity index (χ3n) is 5.81. The minimum atomic E-state index is 0.0207. The fraction of sp³-hybridized carbons (Fsp3) is 0.261. The summed E-state index contributed by atoms with van der Waals surface area (Å²) in [4.78, 5) is 16.7. The van der Waals surface area contributed by atoms with E-state index in [1.54, 1.807) is 11.3 Å². The summed E-state index contributed by atoms with van der Waals surface area (Å²) in [6.07, 6.45) is 0. The van der Waals surface area contributed by atoms with Crippen LogP contribution in [0, 0.1) is 6.92 Å². The van der Waals surface area contributed by atoms with Crippen LogP contribution in [0.4, 0.5) is 0 Å². The van der Waals surface area contributed by atoms with Gasteiger partial charge in [0.1, 0.15) is 12.1 Å². The number of carbonyl (C=O) groups is 1. The minimum absolute atomic E-state index is 0.0207. The lowest BCUT2D eigenvalue weighted by Gasteiger charge is -2.31.